The van der Waals surface area contributed by atoms with Gasteiger partial charge in [0.2, 0.25) is 0 Å². The van der Waals surface area contributed by atoms with Crippen molar-refractivity contribution in [2.75, 3.05) is 26.0 Å². The normalized spacial score (nSPS) is 9.70. The van der Waals surface area contributed by atoms with Crippen molar-refractivity contribution in [1.82, 2.24) is 4.90 Å². The molecule has 23 heavy (non-hydrogen) atoms. The van der Waals surface area contributed by atoms with Crippen LogP contribution in [0, 0.1) is 15.4 Å². The average Bonchev–Trinajstić information content (AvgIpc) is 2.54. The summed E-state index contributed by atoms with van der Waals surface area (Å²) in [5, 5.41) is 3.28. The maximum atomic E-state index is 11.8. The first-order valence-corrected chi connectivity index (χ1v) is 8.93. The molecular formula is C18H17IN2OS. The number of rotatable bonds is 3. The van der Waals surface area contributed by atoms with Crippen molar-refractivity contribution in [3.63, 3.8) is 0 Å². The van der Waals surface area contributed by atoms with Crippen LogP contribution in [0.1, 0.15) is 5.56 Å². The van der Waals surface area contributed by atoms with E-state index in [-0.39, 0.29) is 5.24 Å². The number of carbonyl (C=O) groups is 1. The lowest BCUT2D eigenvalue weighted by atomic mass is 10.2. The molecule has 1 amide bonds. The first-order valence-electron chi connectivity index (χ1n) is 7.03. The summed E-state index contributed by atoms with van der Waals surface area (Å²) in [4.78, 5) is 14.3. The molecular weight excluding hydrogens is 419 g/mol. The van der Waals surface area contributed by atoms with Gasteiger partial charge in [-0.25, -0.2) is 0 Å². The Hall–Kier alpha value is -1.65. The molecule has 2 aromatic carbocycles. The van der Waals surface area contributed by atoms with Crippen molar-refractivity contribution >= 4 is 45.3 Å². The largest absolute Gasteiger partial charge is 0.373 e. The third-order valence-electron chi connectivity index (χ3n) is 2.91. The Morgan fingerprint density at radius 2 is 1.87 bits per heavy atom. The molecule has 0 aliphatic heterocycles. The number of para-hydroxylation sites is 1. The zero-order valence-electron chi connectivity index (χ0n) is 13.0. The second-order valence-electron chi connectivity index (χ2n) is 4.89. The number of nitrogens with one attached hydrogen (secondary N) is 1. The number of halogens is 1. The van der Waals surface area contributed by atoms with Crippen LogP contribution in [0.15, 0.2) is 53.4 Å². The molecule has 0 atom stereocenters. The Morgan fingerprint density at radius 1 is 1.17 bits per heavy atom. The van der Waals surface area contributed by atoms with Crippen molar-refractivity contribution in [2.24, 2.45) is 0 Å². The van der Waals surface area contributed by atoms with E-state index >= 15 is 0 Å². The first kappa shape index (κ1) is 17.7. The van der Waals surface area contributed by atoms with Gasteiger partial charge in [0.05, 0.1) is 6.54 Å². The van der Waals surface area contributed by atoms with Crippen molar-refractivity contribution in [2.45, 2.75) is 4.90 Å². The maximum Gasteiger partial charge on any atom is 0.286 e. The van der Waals surface area contributed by atoms with Crippen LogP contribution in [0.3, 0.4) is 0 Å². The van der Waals surface area contributed by atoms with Crippen LogP contribution < -0.4 is 5.32 Å². The van der Waals surface area contributed by atoms with E-state index in [2.05, 4.69) is 39.7 Å². The van der Waals surface area contributed by atoms with Gasteiger partial charge in [-0.15, -0.1) is 0 Å². The summed E-state index contributed by atoms with van der Waals surface area (Å²) >= 11 is 3.49. The molecule has 0 aliphatic rings. The van der Waals surface area contributed by atoms with Crippen molar-refractivity contribution in [1.29, 1.82) is 0 Å². The van der Waals surface area contributed by atoms with Crippen molar-refractivity contribution in [3.05, 3.63) is 57.7 Å². The monoisotopic (exact) mass is 436 g/mol. The van der Waals surface area contributed by atoms with Crippen LogP contribution in [0.25, 0.3) is 0 Å². The summed E-state index contributed by atoms with van der Waals surface area (Å²) in [6.45, 7) is 0.526. The van der Waals surface area contributed by atoms with Gasteiger partial charge in [-0.1, -0.05) is 36.1 Å². The van der Waals surface area contributed by atoms with Gasteiger partial charge in [0, 0.05) is 33.8 Å². The number of nitrogens with zero attached hydrogens (tertiary/aromatic N) is 1. The standard InChI is InChI=1S/C18H17IN2OS/c1-21(2)18(22)23-17-12-6-5-11-16(17)20-13-7-9-14-8-3-4-10-15(14)19/h3-6,8,10-12,20H,13H2,1-2H3. The zero-order chi connectivity index (χ0) is 16.7. The molecule has 0 bridgehead atoms. The Bertz CT molecular complexity index is 750. The van der Waals surface area contributed by atoms with Crippen molar-refractivity contribution in [3.8, 4) is 11.8 Å². The quantitative estimate of drug-likeness (QED) is 0.436. The molecule has 0 unspecified atom stereocenters. The van der Waals surface area contributed by atoms with Gasteiger partial charge in [-0.2, -0.15) is 0 Å². The molecule has 0 aliphatic carbocycles. The SMILES string of the molecule is CN(C)C(=O)Sc1ccccc1NCC#Cc1ccccc1I. The van der Waals surface area contributed by atoms with Gasteiger partial charge in [-0.05, 0) is 58.6 Å². The number of carbonyl (C=O) groups excluding carboxylic acids is 1. The summed E-state index contributed by atoms with van der Waals surface area (Å²) in [5.74, 6) is 6.28. The summed E-state index contributed by atoms with van der Waals surface area (Å²) in [6, 6.07) is 15.8. The van der Waals surface area contributed by atoms with E-state index in [1.165, 1.54) is 11.8 Å². The predicted molar refractivity (Wildman–Crippen MR) is 106 cm³/mol. The number of hydrogen-bond acceptors (Lipinski definition) is 3. The lowest BCUT2D eigenvalue weighted by molar-refractivity contribution is 0.241. The Morgan fingerprint density at radius 3 is 2.61 bits per heavy atom. The smallest absolute Gasteiger partial charge is 0.286 e. The highest BCUT2D eigenvalue weighted by Gasteiger charge is 2.09. The minimum absolute atomic E-state index is 0.00386. The van der Waals surface area contributed by atoms with Crippen LogP contribution in [-0.4, -0.2) is 30.8 Å². The molecule has 0 heterocycles. The Kier molecular flexibility index (Phi) is 6.81. The molecule has 0 saturated heterocycles. The summed E-state index contributed by atoms with van der Waals surface area (Å²) < 4.78 is 1.14. The van der Waals surface area contributed by atoms with Gasteiger partial charge in [0.1, 0.15) is 0 Å². The number of benzene rings is 2. The lowest BCUT2D eigenvalue weighted by Crippen LogP contribution is -2.16. The number of anilines is 1. The van der Waals surface area contributed by atoms with E-state index in [0.717, 1.165) is 19.7 Å². The molecule has 3 nitrogen and oxygen atoms in total. The minimum atomic E-state index is 0.00386. The minimum Gasteiger partial charge on any atom is -0.373 e. The molecule has 5 heteroatoms. The number of thioether (sulfide) groups is 1. The van der Waals surface area contributed by atoms with E-state index in [1.54, 1.807) is 19.0 Å². The highest BCUT2D eigenvalue weighted by atomic mass is 127. The second kappa shape index (κ2) is 8.85. The molecule has 0 fully saturated rings. The molecule has 0 spiro atoms. The number of hydrogen-bond donors (Lipinski definition) is 1. The third-order valence-corrected chi connectivity index (χ3v) is 4.97. The molecule has 2 rings (SSSR count). The fourth-order valence-corrected chi connectivity index (χ4v) is 3.02. The molecule has 1 N–H and O–H groups in total. The van der Waals surface area contributed by atoms with Crippen LogP contribution in [0.2, 0.25) is 0 Å². The van der Waals surface area contributed by atoms with Gasteiger partial charge in [-0.3, -0.25) is 4.79 Å². The molecule has 118 valence electrons. The Balaban J connectivity index is 2.02. The molecule has 0 aromatic heterocycles. The Labute approximate surface area is 155 Å². The highest BCUT2D eigenvalue weighted by Crippen LogP contribution is 2.28. The van der Waals surface area contributed by atoms with Crippen LogP contribution >= 0.6 is 34.4 Å². The topological polar surface area (TPSA) is 32.3 Å². The van der Waals surface area contributed by atoms with Gasteiger partial charge in [0.15, 0.2) is 0 Å². The zero-order valence-corrected chi connectivity index (χ0v) is 15.9. The summed E-state index contributed by atoms with van der Waals surface area (Å²) in [5.41, 5.74) is 1.95. The van der Waals surface area contributed by atoms with E-state index in [4.69, 9.17) is 0 Å². The van der Waals surface area contributed by atoms with E-state index < -0.39 is 0 Å². The molecule has 2 aromatic rings. The maximum absolute atomic E-state index is 11.8. The van der Waals surface area contributed by atoms with Crippen LogP contribution in [0.4, 0.5) is 10.5 Å². The average molecular weight is 436 g/mol. The first-order chi connectivity index (χ1) is 11.1. The number of amides is 1. The summed E-state index contributed by atoms with van der Waals surface area (Å²) in [6.07, 6.45) is 0. The van der Waals surface area contributed by atoms with Gasteiger partial charge in [0.25, 0.3) is 5.24 Å². The lowest BCUT2D eigenvalue weighted by Gasteiger charge is -2.12. The highest BCUT2D eigenvalue weighted by molar-refractivity contribution is 14.1. The van der Waals surface area contributed by atoms with Crippen LogP contribution in [-0.2, 0) is 0 Å². The van der Waals surface area contributed by atoms with Crippen molar-refractivity contribution < 1.29 is 4.79 Å². The van der Waals surface area contributed by atoms with Crippen LogP contribution in [0.5, 0.6) is 0 Å². The fourth-order valence-electron chi connectivity index (χ4n) is 1.73. The van der Waals surface area contributed by atoms with Gasteiger partial charge < -0.3 is 10.2 Å². The second-order valence-corrected chi connectivity index (χ2v) is 7.05. The third kappa shape index (κ3) is 5.48. The summed E-state index contributed by atoms with van der Waals surface area (Å²) in [7, 11) is 3.50. The molecule has 0 saturated carbocycles. The van der Waals surface area contributed by atoms with E-state index in [0.29, 0.717) is 6.54 Å². The van der Waals surface area contributed by atoms with E-state index in [1.807, 2.05) is 48.5 Å². The van der Waals surface area contributed by atoms with Gasteiger partial charge >= 0.3 is 0 Å². The fraction of sp³-hybridized carbons (Fsp3) is 0.167. The molecule has 0 radical (unpaired) electrons. The predicted octanol–water partition coefficient (Wildman–Crippen LogP) is 4.53. The van der Waals surface area contributed by atoms with E-state index in [9.17, 15) is 4.79 Å².